The fourth-order valence-corrected chi connectivity index (χ4v) is 2.43. The van der Waals surface area contributed by atoms with E-state index in [1.54, 1.807) is 12.1 Å². The first-order chi connectivity index (χ1) is 11.2. The van der Waals surface area contributed by atoms with E-state index in [-0.39, 0.29) is 11.8 Å². The summed E-state index contributed by atoms with van der Waals surface area (Å²) in [6.07, 6.45) is 1.48. The average Bonchev–Trinajstić information content (AvgIpc) is 2.57. The van der Waals surface area contributed by atoms with Crippen LogP contribution in [0.3, 0.4) is 0 Å². The number of aromatic nitrogens is 2. The van der Waals surface area contributed by atoms with Crippen molar-refractivity contribution in [1.29, 1.82) is 0 Å². The summed E-state index contributed by atoms with van der Waals surface area (Å²) in [7, 11) is 0. The number of hydrogen-bond donors (Lipinski definition) is 2. The number of anilines is 3. The molecule has 0 bridgehead atoms. The molecule has 2 N–H and O–H groups in total. The van der Waals surface area contributed by atoms with E-state index in [1.807, 2.05) is 30.3 Å². The van der Waals surface area contributed by atoms with E-state index in [4.69, 9.17) is 11.6 Å². The second-order valence-corrected chi connectivity index (χ2v) is 5.95. The largest absolute Gasteiger partial charge is 0.340 e. The predicted octanol–water partition coefficient (Wildman–Crippen LogP) is 4.31. The highest BCUT2D eigenvalue weighted by Gasteiger charge is 2.07. The van der Waals surface area contributed by atoms with Gasteiger partial charge in [0.1, 0.15) is 18.0 Å². The minimum atomic E-state index is -0.256. The molecule has 3 aromatic rings. The maximum absolute atomic E-state index is 11.4. The summed E-state index contributed by atoms with van der Waals surface area (Å²) >= 11 is 8.90. The third kappa shape index (κ3) is 3.78. The molecule has 0 radical (unpaired) electrons. The van der Waals surface area contributed by atoms with Gasteiger partial charge >= 0.3 is 0 Å². The summed E-state index contributed by atoms with van der Waals surface area (Å²) in [5.41, 5.74) is 2.30. The van der Waals surface area contributed by atoms with E-state index >= 15 is 0 Å². The first kappa shape index (κ1) is 15.7. The molecular weight excluding hydrogens is 380 g/mol. The SMILES string of the molecule is O=C(CCl)Nc1ccc2c(Nc3ccc(Br)cc3)ncnc2c1. The van der Waals surface area contributed by atoms with Gasteiger partial charge in [-0.2, -0.15) is 0 Å². The molecule has 0 aliphatic heterocycles. The summed E-state index contributed by atoms with van der Waals surface area (Å²) < 4.78 is 1.01. The summed E-state index contributed by atoms with van der Waals surface area (Å²) in [5, 5.41) is 6.83. The fourth-order valence-electron chi connectivity index (χ4n) is 2.10. The molecule has 0 saturated carbocycles. The van der Waals surface area contributed by atoms with Crippen molar-refractivity contribution in [2.45, 2.75) is 0 Å². The van der Waals surface area contributed by atoms with Gasteiger partial charge in [0.25, 0.3) is 0 Å². The molecule has 2 aromatic carbocycles. The van der Waals surface area contributed by atoms with Gasteiger partial charge in [-0.05, 0) is 42.5 Å². The van der Waals surface area contributed by atoms with Crippen LogP contribution in [0.15, 0.2) is 53.3 Å². The third-order valence-electron chi connectivity index (χ3n) is 3.15. The molecule has 1 heterocycles. The molecule has 0 unspecified atom stereocenters. The monoisotopic (exact) mass is 390 g/mol. The van der Waals surface area contributed by atoms with Gasteiger partial charge in [-0.1, -0.05) is 15.9 Å². The van der Waals surface area contributed by atoms with Crippen LogP contribution in [-0.2, 0) is 4.79 Å². The standard InChI is InChI=1S/C16H12BrClN4O/c17-10-1-3-11(4-2-10)22-16-13-6-5-12(21-15(23)8-18)7-14(13)19-9-20-16/h1-7,9H,8H2,(H,21,23)(H,19,20,22). The number of nitrogens with zero attached hydrogens (tertiary/aromatic N) is 2. The molecule has 116 valence electrons. The van der Waals surface area contributed by atoms with Crippen molar-refractivity contribution in [1.82, 2.24) is 9.97 Å². The Hall–Kier alpha value is -2.18. The zero-order valence-corrected chi connectivity index (χ0v) is 14.2. The quantitative estimate of drug-likeness (QED) is 0.650. The summed E-state index contributed by atoms with van der Waals surface area (Å²) in [4.78, 5) is 19.9. The molecule has 0 atom stereocenters. The van der Waals surface area contributed by atoms with E-state index in [2.05, 4.69) is 36.5 Å². The Morgan fingerprint density at radius 3 is 2.57 bits per heavy atom. The van der Waals surface area contributed by atoms with Crippen LogP contribution in [0.1, 0.15) is 0 Å². The summed E-state index contributed by atoms with van der Waals surface area (Å²) in [6.45, 7) is 0. The Bertz CT molecular complexity index is 854. The highest BCUT2D eigenvalue weighted by atomic mass is 79.9. The smallest absolute Gasteiger partial charge is 0.239 e. The molecule has 1 aromatic heterocycles. The van der Waals surface area contributed by atoms with E-state index in [0.717, 1.165) is 21.1 Å². The molecule has 23 heavy (non-hydrogen) atoms. The summed E-state index contributed by atoms with van der Waals surface area (Å²) in [5.74, 6) is 0.360. The lowest BCUT2D eigenvalue weighted by atomic mass is 10.2. The Morgan fingerprint density at radius 1 is 1.09 bits per heavy atom. The van der Waals surface area contributed by atoms with Gasteiger partial charge in [0.15, 0.2) is 0 Å². The van der Waals surface area contributed by atoms with Crippen molar-refractivity contribution in [2.24, 2.45) is 0 Å². The number of rotatable bonds is 4. The number of halogens is 2. The van der Waals surface area contributed by atoms with E-state index in [1.165, 1.54) is 6.33 Å². The van der Waals surface area contributed by atoms with Gasteiger partial charge in [0.2, 0.25) is 5.91 Å². The maximum atomic E-state index is 11.4. The number of hydrogen-bond acceptors (Lipinski definition) is 4. The van der Waals surface area contributed by atoms with Crippen molar-refractivity contribution < 1.29 is 4.79 Å². The van der Waals surface area contributed by atoms with Gasteiger partial charge in [-0.3, -0.25) is 4.79 Å². The molecular formula is C16H12BrClN4O. The van der Waals surface area contributed by atoms with Crippen LogP contribution in [0.4, 0.5) is 17.2 Å². The topological polar surface area (TPSA) is 66.9 Å². The van der Waals surface area contributed by atoms with Crippen molar-refractivity contribution in [3.05, 3.63) is 53.3 Å². The van der Waals surface area contributed by atoms with Crippen molar-refractivity contribution in [2.75, 3.05) is 16.5 Å². The number of carbonyl (C=O) groups is 1. The van der Waals surface area contributed by atoms with E-state index in [9.17, 15) is 4.79 Å². The molecule has 1 amide bonds. The molecule has 3 rings (SSSR count). The van der Waals surface area contributed by atoms with Gasteiger partial charge in [-0.15, -0.1) is 11.6 Å². The third-order valence-corrected chi connectivity index (χ3v) is 3.92. The van der Waals surface area contributed by atoms with Crippen LogP contribution >= 0.6 is 27.5 Å². The first-order valence-corrected chi connectivity index (χ1v) is 8.11. The van der Waals surface area contributed by atoms with E-state index in [0.29, 0.717) is 11.5 Å². The van der Waals surface area contributed by atoms with Crippen LogP contribution in [0.2, 0.25) is 0 Å². The number of nitrogens with one attached hydrogen (secondary N) is 2. The minimum Gasteiger partial charge on any atom is -0.340 e. The number of carbonyl (C=O) groups excluding carboxylic acids is 1. The Balaban J connectivity index is 1.92. The summed E-state index contributed by atoms with van der Waals surface area (Å²) in [6, 6.07) is 13.2. The lowest BCUT2D eigenvalue weighted by molar-refractivity contribution is -0.113. The van der Waals surface area contributed by atoms with Crippen LogP contribution in [-0.4, -0.2) is 21.8 Å². The fraction of sp³-hybridized carbons (Fsp3) is 0.0625. The van der Waals surface area contributed by atoms with Crippen LogP contribution in [0.5, 0.6) is 0 Å². The first-order valence-electron chi connectivity index (χ1n) is 6.79. The van der Waals surface area contributed by atoms with Crippen LogP contribution < -0.4 is 10.6 Å². The molecule has 0 spiro atoms. The number of amides is 1. The molecule has 0 fully saturated rings. The van der Waals surface area contributed by atoms with Crippen molar-refractivity contribution >= 4 is 61.5 Å². The predicted molar refractivity (Wildman–Crippen MR) is 96.3 cm³/mol. The van der Waals surface area contributed by atoms with Crippen molar-refractivity contribution in [3.8, 4) is 0 Å². The Morgan fingerprint density at radius 2 is 1.83 bits per heavy atom. The second kappa shape index (κ2) is 6.93. The zero-order chi connectivity index (χ0) is 16.2. The number of benzene rings is 2. The highest BCUT2D eigenvalue weighted by molar-refractivity contribution is 9.10. The van der Waals surface area contributed by atoms with Gasteiger partial charge < -0.3 is 10.6 Å². The van der Waals surface area contributed by atoms with Gasteiger partial charge in [0.05, 0.1) is 5.52 Å². The molecule has 5 nitrogen and oxygen atoms in total. The van der Waals surface area contributed by atoms with Crippen molar-refractivity contribution in [3.63, 3.8) is 0 Å². The molecule has 0 saturated heterocycles. The van der Waals surface area contributed by atoms with Gasteiger partial charge in [-0.25, -0.2) is 9.97 Å². The lowest BCUT2D eigenvalue weighted by Gasteiger charge is -2.10. The Labute approximate surface area is 146 Å². The lowest BCUT2D eigenvalue weighted by Crippen LogP contribution is -2.12. The molecule has 7 heteroatoms. The molecule has 0 aliphatic carbocycles. The normalized spacial score (nSPS) is 10.5. The minimum absolute atomic E-state index is 0.0851. The van der Waals surface area contributed by atoms with E-state index < -0.39 is 0 Å². The second-order valence-electron chi connectivity index (χ2n) is 4.77. The number of alkyl halides is 1. The maximum Gasteiger partial charge on any atom is 0.239 e. The van der Waals surface area contributed by atoms with Crippen LogP contribution in [0, 0.1) is 0 Å². The number of fused-ring (bicyclic) bond motifs is 1. The Kier molecular flexibility index (Phi) is 4.73. The average molecular weight is 392 g/mol. The van der Waals surface area contributed by atoms with Gasteiger partial charge in [0, 0.05) is 21.2 Å². The highest BCUT2D eigenvalue weighted by Crippen LogP contribution is 2.26. The molecule has 0 aliphatic rings. The van der Waals surface area contributed by atoms with Crippen LogP contribution in [0.25, 0.3) is 10.9 Å². The zero-order valence-electron chi connectivity index (χ0n) is 11.9.